The summed E-state index contributed by atoms with van der Waals surface area (Å²) < 4.78 is 7.88. The number of ether oxygens (including phenoxy) is 1. The maximum Gasteiger partial charge on any atom is 0.125 e. The average molecular weight is 293 g/mol. The number of halogens is 1. The van der Waals surface area contributed by atoms with E-state index in [1.54, 1.807) is 7.11 Å². The summed E-state index contributed by atoms with van der Waals surface area (Å²) in [4.78, 5) is 4.70. The van der Waals surface area contributed by atoms with Gasteiger partial charge < -0.3 is 9.30 Å². The summed E-state index contributed by atoms with van der Waals surface area (Å²) >= 11 is 6.12. The van der Waals surface area contributed by atoms with Gasteiger partial charge in [0.05, 0.1) is 23.0 Å². The summed E-state index contributed by atoms with van der Waals surface area (Å²) in [5.41, 5.74) is 3.55. The van der Waals surface area contributed by atoms with Gasteiger partial charge in [-0.2, -0.15) is 0 Å². The van der Waals surface area contributed by atoms with Gasteiger partial charge in [0, 0.05) is 18.6 Å². The molecule has 0 bridgehead atoms. The Morgan fingerprint density at radius 3 is 2.80 bits per heavy atom. The number of benzene rings is 1. The fraction of sp³-hybridized carbons (Fsp3) is 0.562. The molecule has 3 nitrogen and oxygen atoms in total. The zero-order valence-electron chi connectivity index (χ0n) is 12.5. The van der Waals surface area contributed by atoms with Crippen molar-refractivity contribution in [1.29, 1.82) is 0 Å². The van der Waals surface area contributed by atoms with Gasteiger partial charge in [0.25, 0.3) is 0 Å². The minimum absolute atomic E-state index is 0.105. The van der Waals surface area contributed by atoms with Crippen LogP contribution in [0, 0.1) is 12.3 Å². The van der Waals surface area contributed by atoms with E-state index in [4.69, 9.17) is 21.3 Å². The van der Waals surface area contributed by atoms with E-state index in [9.17, 15) is 0 Å². The number of methoxy groups -OCH3 is 1. The zero-order valence-corrected chi connectivity index (χ0v) is 13.2. The molecule has 1 saturated carbocycles. The summed E-state index contributed by atoms with van der Waals surface area (Å²) in [5.74, 6) is 1.40. The molecule has 1 aliphatic rings. The van der Waals surface area contributed by atoms with Crippen molar-refractivity contribution in [1.82, 2.24) is 9.55 Å². The maximum absolute atomic E-state index is 6.12. The Balaban J connectivity index is 2.12. The van der Waals surface area contributed by atoms with Crippen molar-refractivity contribution >= 4 is 22.6 Å². The Kier molecular flexibility index (Phi) is 3.30. The highest BCUT2D eigenvalue weighted by molar-refractivity contribution is 6.16. The minimum Gasteiger partial charge on any atom is -0.381 e. The van der Waals surface area contributed by atoms with Gasteiger partial charge in [0.1, 0.15) is 5.82 Å². The number of nitrogens with zero attached hydrogens (tertiary/aromatic N) is 2. The quantitative estimate of drug-likeness (QED) is 0.797. The third-order valence-electron chi connectivity index (χ3n) is 4.76. The highest BCUT2D eigenvalue weighted by atomic mass is 35.5. The molecule has 3 rings (SSSR count). The van der Waals surface area contributed by atoms with Gasteiger partial charge >= 0.3 is 0 Å². The van der Waals surface area contributed by atoms with Crippen LogP contribution >= 0.6 is 11.6 Å². The van der Waals surface area contributed by atoms with Crippen LogP contribution in [0.3, 0.4) is 0 Å². The molecule has 0 spiro atoms. The molecule has 1 aromatic carbocycles. The van der Waals surface area contributed by atoms with Crippen molar-refractivity contribution in [3.63, 3.8) is 0 Å². The number of fused-ring (bicyclic) bond motifs is 1. The molecule has 1 fully saturated rings. The van der Waals surface area contributed by atoms with Crippen LogP contribution in [-0.2, 0) is 10.6 Å². The third kappa shape index (κ3) is 1.87. The Bertz CT molecular complexity index is 647. The van der Waals surface area contributed by atoms with E-state index in [0.717, 1.165) is 17.8 Å². The van der Waals surface area contributed by atoms with Crippen molar-refractivity contribution in [2.45, 2.75) is 45.2 Å². The second kappa shape index (κ2) is 4.74. The van der Waals surface area contributed by atoms with Gasteiger partial charge in [-0.1, -0.05) is 19.9 Å². The molecular formula is C16H21ClN2O. The van der Waals surface area contributed by atoms with Crippen LogP contribution in [0.4, 0.5) is 0 Å². The number of rotatable bonds is 3. The van der Waals surface area contributed by atoms with Gasteiger partial charge in [-0.15, -0.1) is 11.6 Å². The van der Waals surface area contributed by atoms with Crippen LogP contribution in [-0.4, -0.2) is 22.8 Å². The topological polar surface area (TPSA) is 27.1 Å². The van der Waals surface area contributed by atoms with Crippen molar-refractivity contribution in [3.05, 3.63) is 29.6 Å². The summed E-state index contributed by atoms with van der Waals surface area (Å²) in [6.07, 6.45) is 1.32. The standard InChI is InChI=1S/C16H21ClN2O/c1-10-5-6-12-11(7-10)18-15(9-17)19(12)13-8-14(20-4)16(13,2)3/h5-7,13-14H,8-9H2,1-4H3. The first-order chi connectivity index (χ1) is 9.48. The normalized spacial score (nSPS) is 24.9. The van der Waals surface area contributed by atoms with E-state index >= 15 is 0 Å². The first-order valence-electron chi connectivity index (χ1n) is 7.05. The van der Waals surface area contributed by atoms with Crippen molar-refractivity contribution in [2.75, 3.05) is 7.11 Å². The van der Waals surface area contributed by atoms with E-state index in [-0.39, 0.29) is 5.41 Å². The van der Waals surface area contributed by atoms with Crippen molar-refractivity contribution < 1.29 is 4.74 Å². The molecule has 1 aromatic heterocycles. The molecule has 4 heteroatoms. The average Bonchev–Trinajstić information content (AvgIpc) is 2.75. The Labute approximate surface area is 124 Å². The van der Waals surface area contributed by atoms with E-state index in [2.05, 4.69) is 43.5 Å². The summed E-state index contributed by atoms with van der Waals surface area (Å²) in [5, 5.41) is 0. The van der Waals surface area contributed by atoms with Crippen LogP contribution in [0.15, 0.2) is 18.2 Å². The number of imidazole rings is 1. The molecule has 0 N–H and O–H groups in total. The lowest BCUT2D eigenvalue weighted by molar-refractivity contribution is -0.112. The lowest BCUT2D eigenvalue weighted by Gasteiger charge is -2.52. The molecule has 0 radical (unpaired) electrons. The Morgan fingerprint density at radius 2 is 2.20 bits per heavy atom. The van der Waals surface area contributed by atoms with Crippen molar-refractivity contribution in [3.8, 4) is 0 Å². The van der Waals surface area contributed by atoms with Gasteiger partial charge in [-0.3, -0.25) is 0 Å². The number of aryl methyl sites for hydroxylation is 1. The molecule has 2 aromatic rings. The largest absolute Gasteiger partial charge is 0.381 e. The number of alkyl halides is 1. The molecule has 2 unspecified atom stereocenters. The third-order valence-corrected chi connectivity index (χ3v) is 5.00. The van der Waals surface area contributed by atoms with Gasteiger partial charge in [-0.05, 0) is 31.0 Å². The number of hydrogen-bond donors (Lipinski definition) is 0. The van der Waals surface area contributed by atoms with E-state index in [1.807, 2.05) is 0 Å². The lowest BCUT2D eigenvalue weighted by Crippen LogP contribution is -2.51. The minimum atomic E-state index is 0.105. The molecule has 108 valence electrons. The van der Waals surface area contributed by atoms with E-state index in [0.29, 0.717) is 18.0 Å². The lowest BCUT2D eigenvalue weighted by atomic mass is 9.64. The smallest absolute Gasteiger partial charge is 0.125 e. The predicted molar refractivity (Wildman–Crippen MR) is 82.3 cm³/mol. The predicted octanol–water partition coefficient (Wildman–Crippen LogP) is 4.07. The SMILES string of the molecule is COC1CC(n2c(CCl)nc3cc(C)ccc32)C1(C)C. The molecule has 0 saturated heterocycles. The molecule has 2 atom stereocenters. The first kappa shape index (κ1) is 13.9. The summed E-state index contributed by atoms with van der Waals surface area (Å²) in [6, 6.07) is 6.82. The summed E-state index contributed by atoms with van der Waals surface area (Å²) in [7, 11) is 1.79. The second-order valence-electron chi connectivity index (χ2n) is 6.32. The van der Waals surface area contributed by atoms with Crippen molar-refractivity contribution in [2.24, 2.45) is 5.41 Å². The Morgan fingerprint density at radius 1 is 1.45 bits per heavy atom. The van der Waals surface area contributed by atoms with Crippen LogP contribution in [0.2, 0.25) is 0 Å². The van der Waals surface area contributed by atoms with Gasteiger partial charge in [0.2, 0.25) is 0 Å². The Hall–Kier alpha value is -1.06. The maximum atomic E-state index is 6.12. The molecule has 1 heterocycles. The van der Waals surface area contributed by atoms with E-state index in [1.165, 1.54) is 11.1 Å². The molecule has 0 aliphatic heterocycles. The molecule has 1 aliphatic carbocycles. The van der Waals surface area contributed by atoms with E-state index < -0.39 is 0 Å². The van der Waals surface area contributed by atoms with Gasteiger partial charge in [-0.25, -0.2) is 4.98 Å². The fourth-order valence-electron chi connectivity index (χ4n) is 3.40. The highest BCUT2D eigenvalue weighted by Crippen LogP contribution is 2.52. The number of hydrogen-bond acceptors (Lipinski definition) is 2. The first-order valence-corrected chi connectivity index (χ1v) is 7.58. The zero-order chi connectivity index (χ0) is 14.5. The summed E-state index contributed by atoms with van der Waals surface area (Å²) in [6.45, 7) is 6.60. The monoisotopic (exact) mass is 292 g/mol. The number of aromatic nitrogens is 2. The van der Waals surface area contributed by atoms with Crippen LogP contribution in [0.5, 0.6) is 0 Å². The van der Waals surface area contributed by atoms with Crippen LogP contribution in [0.1, 0.15) is 37.7 Å². The highest BCUT2D eigenvalue weighted by Gasteiger charge is 2.50. The fourth-order valence-corrected chi connectivity index (χ4v) is 3.59. The molecular weight excluding hydrogens is 272 g/mol. The van der Waals surface area contributed by atoms with Gasteiger partial charge in [0.15, 0.2) is 0 Å². The molecule has 20 heavy (non-hydrogen) atoms. The van der Waals surface area contributed by atoms with Crippen LogP contribution < -0.4 is 0 Å². The van der Waals surface area contributed by atoms with Crippen LogP contribution in [0.25, 0.3) is 11.0 Å². The molecule has 0 amide bonds. The second-order valence-corrected chi connectivity index (χ2v) is 6.59.